The van der Waals surface area contributed by atoms with Crippen LogP contribution in [0.1, 0.15) is 30.1 Å². The van der Waals surface area contributed by atoms with E-state index in [2.05, 4.69) is 10.3 Å². The van der Waals surface area contributed by atoms with Gasteiger partial charge in [0.05, 0.1) is 5.69 Å². The van der Waals surface area contributed by atoms with Gasteiger partial charge in [0.15, 0.2) is 0 Å². The van der Waals surface area contributed by atoms with Crippen LogP contribution in [0.4, 0.5) is 13.2 Å². The van der Waals surface area contributed by atoms with Gasteiger partial charge in [-0.25, -0.2) is 4.98 Å². The fraction of sp³-hybridized carbons (Fsp3) is 0.769. The van der Waals surface area contributed by atoms with Crippen molar-refractivity contribution in [2.45, 2.75) is 38.5 Å². The molecule has 0 saturated carbocycles. The van der Waals surface area contributed by atoms with Gasteiger partial charge >= 0.3 is 6.18 Å². The average Bonchev–Trinajstić information content (AvgIpc) is 2.79. The van der Waals surface area contributed by atoms with Crippen LogP contribution in [0.15, 0.2) is 0 Å². The van der Waals surface area contributed by atoms with Gasteiger partial charge in [-0.15, -0.1) is 0 Å². The maximum absolute atomic E-state index is 13.2. The zero-order valence-electron chi connectivity index (χ0n) is 11.2. The molecule has 0 spiro atoms. The Labute approximate surface area is 115 Å². The number of alkyl halides is 3. The molecule has 1 saturated heterocycles. The minimum Gasteiger partial charge on any atom is -0.381 e. The van der Waals surface area contributed by atoms with Crippen molar-refractivity contribution < 1.29 is 17.9 Å². The van der Waals surface area contributed by atoms with Gasteiger partial charge in [-0.3, -0.25) is 0 Å². The second-order valence-electron chi connectivity index (χ2n) is 5.42. The molecule has 0 bridgehead atoms. The summed E-state index contributed by atoms with van der Waals surface area (Å²) in [6, 6.07) is 0. The molecule has 1 fully saturated rings. The first-order chi connectivity index (χ1) is 9.55. The second kappa shape index (κ2) is 5.37. The van der Waals surface area contributed by atoms with E-state index in [-0.39, 0.29) is 5.92 Å². The van der Waals surface area contributed by atoms with E-state index in [0.29, 0.717) is 45.0 Å². The van der Waals surface area contributed by atoms with Gasteiger partial charge in [0.2, 0.25) is 5.82 Å². The van der Waals surface area contributed by atoms with E-state index in [4.69, 9.17) is 4.74 Å². The van der Waals surface area contributed by atoms with Crippen molar-refractivity contribution in [2.24, 2.45) is 5.92 Å². The van der Waals surface area contributed by atoms with E-state index in [1.807, 2.05) is 0 Å². The van der Waals surface area contributed by atoms with Gasteiger partial charge < -0.3 is 14.6 Å². The topological polar surface area (TPSA) is 39.1 Å². The fourth-order valence-electron chi connectivity index (χ4n) is 2.97. The van der Waals surface area contributed by atoms with Crippen LogP contribution in [-0.2, 0) is 30.4 Å². The van der Waals surface area contributed by atoms with Gasteiger partial charge in [0, 0.05) is 45.0 Å². The molecule has 3 rings (SSSR count). The lowest BCUT2D eigenvalue weighted by molar-refractivity contribution is -0.147. The molecule has 112 valence electrons. The van der Waals surface area contributed by atoms with Crippen molar-refractivity contribution in [3.63, 3.8) is 0 Å². The summed E-state index contributed by atoms with van der Waals surface area (Å²) in [5, 5.41) is 3.07. The number of nitrogens with zero attached hydrogens (tertiary/aromatic N) is 2. The number of imidazole rings is 1. The standard InChI is InChI=1S/C13H18F3N3O/c14-13(15,16)12-18-10-7-17-4-1-11(10)19(12)8-9-2-5-20-6-3-9/h9,17H,1-8H2. The zero-order chi connectivity index (χ0) is 14.2. The average molecular weight is 289 g/mol. The van der Waals surface area contributed by atoms with Crippen LogP contribution >= 0.6 is 0 Å². The third-order valence-corrected chi connectivity index (χ3v) is 4.02. The Kier molecular flexibility index (Phi) is 3.72. The van der Waals surface area contributed by atoms with Gasteiger partial charge in [0.25, 0.3) is 0 Å². The Morgan fingerprint density at radius 2 is 2.05 bits per heavy atom. The van der Waals surface area contributed by atoms with Crippen LogP contribution in [-0.4, -0.2) is 29.3 Å². The summed E-state index contributed by atoms with van der Waals surface area (Å²) in [4.78, 5) is 3.83. The fourth-order valence-corrected chi connectivity index (χ4v) is 2.97. The van der Waals surface area contributed by atoms with Crippen LogP contribution in [0.25, 0.3) is 0 Å². The summed E-state index contributed by atoms with van der Waals surface area (Å²) in [6.45, 7) is 2.83. The molecule has 0 amide bonds. The molecule has 2 aliphatic rings. The molecule has 0 unspecified atom stereocenters. The highest BCUT2D eigenvalue weighted by atomic mass is 19.4. The molecule has 0 aromatic carbocycles. The van der Waals surface area contributed by atoms with Gasteiger partial charge in [-0.1, -0.05) is 0 Å². The molecule has 1 aromatic rings. The summed E-state index contributed by atoms with van der Waals surface area (Å²) in [5.74, 6) is -0.490. The number of nitrogens with one attached hydrogen (secondary N) is 1. The maximum atomic E-state index is 13.2. The lowest BCUT2D eigenvalue weighted by Crippen LogP contribution is -2.28. The van der Waals surface area contributed by atoms with Crippen molar-refractivity contribution in [1.29, 1.82) is 0 Å². The van der Waals surface area contributed by atoms with E-state index in [0.717, 1.165) is 18.5 Å². The monoisotopic (exact) mass is 289 g/mol. The van der Waals surface area contributed by atoms with Crippen LogP contribution < -0.4 is 5.32 Å². The number of halogens is 3. The normalized spacial score (nSPS) is 20.9. The molecule has 0 radical (unpaired) electrons. The Hall–Kier alpha value is -1.08. The van der Waals surface area contributed by atoms with Gasteiger partial charge in [0.1, 0.15) is 0 Å². The molecule has 1 aromatic heterocycles. The summed E-state index contributed by atoms with van der Waals surface area (Å²) >= 11 is 0. The Morgan fingerprint density at radius 1 is 1.30 bits per heavy atom. The Bertz CT molecular complexity index is 478. The van der Waals surface area contributed by atoms with Crippen LogP contribution in [0.2, 0.25) is 0 Å². The summed E-state index contributed by atoms with van der Waals surface area (Å²) in [5.41, 5.74) is 1.30. The van der Waals surface area contributed by atoms with Crippen LogP contribution in [0.5, 0.6) is 0 Å². The van der Waals surface area contributed by atoms with Gasteiger partial charge in [-0.05, 0) is 18.8 Å². The largest absolute Gasteiger partial charge is 0.449 e. The van der Waals surface area contributed by atoms with Gasteiger partial charge in [-0.2, -0.15) is 13.2 Å². The maximum Gasteiger partial charge on any atom is 0.449 e. The minimum absolute atomic E-state index is 0.248. The molecule has 3 heterocycles. The van der Waals surface area contributed by atoms with Crippen molar-refractivity contribution >= 4 is 0 Å². The lowest BCUT2D eigenvalue weighted by atomic mass is 10.00. The van der Waals surface area contributed by atoms with E-state index in [9.17, 15) is 13.2 Å². The quantitative estimate of drug-likeness (QED) is 0.905. The molecule has 2 aliphatic heterocycles. The number of hydrogen-bond acceptors (Lipinski definition) is 3. The highest BCUT2D eigenvalue weighted by Gasteiger charge is 2.39. The first-order valence-corrected chi connectivity index (χ1v) is 6.99. The predicted molar refractivity (Wildman–Crippen MR) is 66.2 cm³/mol. The first-order valence-electron chi connectivity index (χ1n) is 6.99. The number of ether oxygens (including phenoxy) is 1. The van der Waals surface area contributed by atoms with Crippen molar-refractivity contribution in [1.82, 2.24) is 14.9 Å². The summed E-state index contributed by atoms with van der Waals surface area (Å²) in [6.07, 6.45) is -2.13. The molecule has 7 heteroatoms. The van der Waals surface area contributed by atoms with E-state index in [1.54, 1.807) is 0 Å². The smallest absolute Gasteiger partial charge is 0.381 e. The number of fused-ring (bicyclic) bond motifs is 1. The summed E-state index contributed by atoms with van der Waals surface area (Å²) in [7, 11) is 0. The van der Waals surface area contributed by atoms with Crippen molar-refractivity contribution in [2.75, 3.05) is 19.8 Å². The Morgan fingerprint density at radius 3 is 2.75 bits per heavy atom. The van der Waals surface area contributed by atoms with Crippen molar-refractivity contribution in [3.8, 4) is 0 Å². The molecular formula is C13H18F3N3O. The van der Waals surface area contributed by atoms with Crippen LogP contribution in [0.3, 0.4) is 0 Å². The summed E-state index contributed by atoms with van der Waals surface area (Å²) < 4.78 is 46.2. The zero-order valence-corrected chi connectivity index (χ0v) is 11.2. The minimum atomic E-state index is -4.39. The number of aromatic nitrogens is 2. The SMILES string of the molecule is FC(F)(F)c1nc2c(n1CC1CCOCC1)CCNC2. The van der Waals surface area contributed by atoms with Crippen molar-refractivity contribution in [3.05, 3.63) is 17.2 Å². The third-order valence-electron chi connectivity index (χ3n) is 4.02. The van der Waals surface area contributed by atoms with E-state index in [1.165, 1.54) is 4.57 Å². The molecule has 0 atom stereocenters. The highest BCUT2D eigenvalue weighted by Crippen LogP contribution is 2.32. The molecular weight excluding hydrogens is 271 g/mol. The molecule has 20 heavy (non-hydrogen) atoms. The molecule has 4 nitrogen and oxygen atoms in total. The lowest BCUT2D eigenvalue weighted by Gasteiger charge is -2.25. The highest BCUT2D eigenvalue weighted by molar-refractivity contribution is 5.21. The number of rotatable bonds is 2. The first kappa shape index (κ1) is 13.9. The van der Waals surface area contributed by atoms with E-state index < -0.39 is 12.0 Å². The second-order valence-corrected chi connectivity index (χ2v) is 5.42. The predicted octanol–water partition coefficient (Wildman–Crippen LogP) is 1.97. The van der Waals surface area contributed by atoms with Crippen LogP contribution in [0, 0.1) is 5.92 Å². The molecule has 1 N–H and O–H groups in total. The van der Waals surface area contributed by atoms with E-state index >= 15 is 0 Å². The number of hydrogen-bond donors (Lipinski definition) is 1. The Balaban J connectivity index is 1.91. The molecule has 0 aliphatic carbocycles. The third kappa shape index (κ3) is 2.69.